The predicted molar refractivity (Wildman–Crippen MR) is 72.7 cm³/mol. The van der Waals surface area contributed by atoms with E-state index in [0.717, 1.165) is 5.75 Å². The summed E-state index contributed by atoms with van der Waals surface area (Å²) in [6.45, 7) is 2.16. The van der Waals surface area contributed by atoms with Crippen LogP contribution in [0.4, 0.5) is 0 Å². The van der Waals surface area contributed by atoms with Crippen LogP contribution in [0.2, 0.25) is 0 Å². The van der Waals surface area contributed by atoms with E-state index in [4.69, 9.17) is 4.74 Å². The van der Waals surface area contributed by atoms with Gasteiger partial charge in [0.15, 0.2) is 0 Å². The molecule has 84 valence electrons. The van der Waals surface area contributed by atoms with Gasteiger partial charge < -0.3 is 4.74 Å². The zero-order valence-corrected chi connectivity index (χ0v) is 10.0. The van der Waals surface area contributed by atoms with Crippen LogP contribution in [0.5, 0.6) is 5.75 Å². The van der Waals surface area contributed by atoms with Crippen LogP contribution >= 0.6 is 0 Å². The van der Waals surface area contributed by atoms with Crippen molar-refractivity contribution in [1.29, 1.82) is 0 Å². The van der Waals surface area contributed by atoms with Crippen LogP contribution in [0.15, 0.2) is 48.5 Å². The number of fused-ring (bicyclic) bond motifs is 3. The molecule has 0 aliphatic rings. The van der Waals surface area contributed by atoms with Gasteiger partial charge in [-0.2, -0.15) is 0 Å². The smallest absolute Gasteiger partial charge is 0.119 e. The Morgan fingerprint density at radius 1 is 0.882 bits per heavy atom. The van der Waals surface area contributed by atoms with E-state index in [2.05, 4.69) is 49.4 Å². The molecule has 3 rings (SSSR count). The summed E-state index contributed by atoms with van der Waals surface area (Å²) in [5.41, 5.74) is 1.32. The van der Waals surface area contributed by atoms with E-state index in [-0.39, 0.29) is 0 Å². The average Bonchev–Trinajstić information content (AvgIpc) is 2.38. The molecule has 0 saturated heterocycles. The lowest BCUT2D eigenvalue weighted by atomic mass is 9.98. The molecule has 0 amide bonds. The molecule has 0 aliphatic heterocycles. The summed E-state index contributed by atoms with van der Waals surface area (Å²) >= 11 is 0. The molecule has 1 nitrogen and oxygen atoms in total. The molecule has 0 heterocycles. The van der Waals surface area contributed by atoms with Gasteiger partial charge in [0, 0.05) is 0 Å². The minimum absolute atomic E-state index is 0.908. The second kappa shape index (κ2) is 3.77. The Bertz CT molecular complexity index is 698. The maximum Gasteiger partial charge on any atom is 0.119 e. The molecule has 0 saturated carbocycles. The molecule has 0 atom stereocenters. The minimum Gasteiger partial charge on any atom is -0.497 e. The third-order valence-corrected chi connectivity index (χ3v) is 3.28. The Morgan fingerprint density at radius 2 is 1.71 bits per heavy atom. The number of aryl methyl sites for hydroxylation is 1. The molecule has 3 aromatic carbocycles. The molecule has 17 heavy (non-hydrogen) atoms. The number of hydrogen-bond acceptors (Lipinski definition) is 1. The van der Waals surface area contributed by atoms with Crippen LogP contribution in [0.1, 0.15) is 5.56 Å². The Kier molecular flexibility index (Phi) is 2.25. The summed E-state index contributed by atoms with van der Waals surface area (Å²) < 4.78 is 5.26. The van der Waals surface area contributed by atoms with Gasteiger partial charge in [-0.15, -0.1) is 0 Å². The maximum absolute atomic E-state index is 5.26. The fourth-order valence-corrected chi connectivity index (χ4v) is 2.41. The van der Waals surface area contributed by atoms with E-state index in [9.17, 15) is 0 Å². The summed E-state index contributed by atoms with van der Waals surface area (Å²) in [6, 6.07) is 17.0. The Balaban J connectivity index is 2.47. The Labute approximate surface area is 101 Å². The highest BCUT2D eigenvalue weighted by Gasteiger charge is 2.03. The first-order chi connectivity index (χ1) is 8.29. The van der Waals surface area contributed by atoms with Gasteiger partial charge in [-0.3, -0.25) is 0 Å². The third-order valence-electron chi connectivity index (χ3n) is 3.28. The van der Waals surface area contributed by atoms with Crippen molar-refractivity contribution in [2.75, 3.05) is 7.11 Å². The van der Waals surface area contributed by atoms with E-state index in [1.54, 1.807) is 7.11 Å². The molecule has 3 aromatic rings. The van der Waals surface area contributed by atoms with Crippen LogP contribution in [-0.2, 0) is 0 Å². The third kappa shape index (κ3) is 1.55. The van der Waals surface area contributed by atoms with Crippen LogP contribution in [0.3, 0.4) is 0 Å². The Morgan fingerprint density at radius 3 is 2.53 bits per heavy atom. The maximum atomic E-state index is 5.26. The minimum atomic E-state index is 0.908. The normalized spacial score (nSPS) is 10.9. The molecule has 0 bridgehead atoms. The lowest BCUT2D eigenvalue weighted by molar-refractivity contribution is 0.415. The van der Waals surface area contributed by atoms with Crippen LogP contribution < -0.4 is 4.74 Å². The van der Waals surface area contributed by atoms with Gasteiger partial charge in [0.2, 0.25) is 0 Å². The van der Waals surface area contributed by atoms with Gasteiger partial charge in [-0.05, 0) is 46.2 Å². The molecule has 0 fully saturated rings. The fraction of sp³-hybridized carbons (Fsp3) is 0.125. The summed E-state index contributed by atoms with van der Waals surface area (Å²) in [4.78, 5) is 0. The largest absolute Gasteiger partial charge is 0.497 e. The summed E-state index contributed by atoms with van der Waals surface area (Å²) in [7, 11) is 1.70. The molecule has 0 N–H and O–H groups in total. The van der Waals surface area contributed by atoms with Crippen LogP contribution in [0.25, 0.3) is 21.5 Å². The molecule has 1 heteroatoms. The van der Waals surface area contributed by atoms with Gasteiger partial charge in [0.25, 0.3) is 0 Å². The highest BCUT2D eigenvalue weighted by molar-refractivity contribution is 6.09. The van der Waals surface area contributed by atoms with Gasteiger partial charge in [0.1, 0.15) is 5.75 Å². The zero-order chi connectivity index (χ0) is 11.8. The van der Waals surface area contributed by atoms with Crippen molar-refractivity contribution >= 4 is 21.5 Å². The highest BCUT2D eigenvalue weighted by Crippen LogP contribution is 2.30. The Hall–Kier alpha value is -2.02. The lowest BCUT2D eigenvalue weighted by Gasteiger charge is -2.08. The van der Waals surface area contributed by atoms with E-state index < -0.39 is 0 Å². The molecule has 0 aliphatic carbocycles. The number of benzene rings is 3. The van der Waals surface area contributed by atoms with Crippen molar-refractivity contribution in [2.45, 2.75) is 6.92 Å². The monoisotopic (exact) mass is 222 g/mol. The van der Waals surface area contributed by atoms with Crippen molar-refractivity contribution in [3.8, 4) is 5.75 Å². The van der Waals surface area contributed by atoms with Gasteiger partial charge in [-0.25, -0.2) is 0 Å². The average molecular weight is 222 g/mol. The second-order valence-corrected chi connectivity index (χ2v) is 4.33. The summed E-state index contributed by atoms with van der Waals surface area (Å²) in [6.07, 6.45) is 0. The van der Waals surface area contributed by atoms with Crippen molar-refractivity contribution in [1.82, 2.24) is 0 Å². The van der Waals surface area contributed by atoms with Crippen LogP contribution in [-0.4, -0.2) is 7.11 Å². The van der Waals surface area contributed by atoms with Gasteiger partial charge in [0.05, 0.1) is 7.11 Å². The lowest BCUT2D eigenvalue weighted by Crippen LogP contribution is -1.84. The molecule has 0 unspecified atom stereocenters. The first kappa shape index (κ1) is 10.2. The number of ether oxygens (including phenoxy) is 1. The predicted octanol–water partition coefficient (Wildman–Crippen LogP) is 4.31. The van der Waals surface area contributed by atoms with Crippen molar-refractivity contribution in [3.05, 3.63) is 54.1 Å². The first-order valence-corrected chi connectivity index (χ1v) is 5.76. The van der Waals surface area contributed by atoms with E-state index in [0.29, 0.717) is 0 Å². The molecule has 0 spiro atoms. The fourth-order valence-electron chi connectivity index (χ4n) is 2.41. The number of methoxy groups -OCH3 is 1. The molecule has 0 radical (unpaired) electrons. The molecule has 0 aromatic heterocycles. The standard InChI is InChI=1S/C16H14O/c1-11-4-3-5-12-6-7-13-10-14(17-2)8-9-15(13)16(11)12/h3-10H,1-2H3. The highest BCUT2D eigenvalue weighted by atomic mass is 16.5. The molecular weight excluding hydrogens is 208 g/mol. The second-order valence-electron chi connectivity index (χ2n) is 4.33. The van der Waals surface area contributed by atoms with Crippen LogP contribution in [0, 0.1) is 6.92 Å². The van der Waals surface area contributed by atoms with Gasteiger partial charge >= 0.3 is 0 Å². The SMILES string of the molecule is COc1ccc2c(ccc3cccc(C)c32)c1. The zero-order valence-electron chi connectivity index (χ0n) is 10.0. The quantitative estimate of drug-likeness (QED) is 0.557. The van der Waals surface area contributed by atoms with E-state index >= 15 is 0 Å². The van der Waals surface area contributed by atoms with E-state index in [1.165, 1.54) is 27.1 Å². The van der Waals surface area contributed by atoms with Crippen molar-refractivity contribution in [2.24, 2.45) is 0 Å². The number of rotatable bonds is 1. The van der Waals surface area contributed by atoms with Gasteiger partial charge in [-0.1, -0.05) is 36.4 Å². The summed E-state index contributed by atoms with van der Waals surface area (Å²) in [5, 5.41) is 5.16. The first-order valence-electron chi connectivity index (χ1n) is 5.76. The topological polar surface area (TPSA) is 9.23 Å². The van der Waals surface area contributed by atoms with Crippen molar-refractivity contribution < 1.29 is 4.74 Å². The van der Waals surface area contributed by atoms with Crippen molar-refractivity contribution in [3.63, 3.8) is 0 Å². The van der Waals surface area contributed by atoms with E-state index in [1.807, 2.05) is 6.07 Å². The number of hydrogen-bond donors (Lipinski definition) is 0. The summed E-state index contributed by atoms with van der Waals surface area (Å²) in [5.74, 6) is 0.908. The molecular formula is C16H14O.